The van der Waals surface area contributed by atoms with Crippen molar-refractivity contribution in [3.8, 4) is 6.01 Å². The van der Waals surface area contributed by atoms with Crippen LogP contribution in [0.5, 0.6) is 6.01 Å². The van der Waals surface area contributed by atoms with E-state index in [9.17, 15) is 13.2 Å². The van der Waals surface area contributed by atoms with Gasteiger partial charge in [0, 0.05) is 0 Å². The highest BCUT2D eigenvalue weighted by molar-refractivity contribution is 5.35. The number of benzene rings is 1. The van der Waals surface area contributed by atoms with Gasteiger partial charge in [-0.3, -0.25) is 5.32 Å². The summed E-state index contributed by atoms with van der Waals surface area (Å²) in [5, 5.41) is 6.32. The lowest BCUT2D eigenvalue weighted by Crippen LogP contribution is -2.21. The molecule has 0 amide bonds. The van der Waals surface area contributed by atoms with Crippen LogP contribution in [0.3, 0.4) is 0 Å². The average Bonchev–Trinajstić information content (AvgIpc) is 3.53. The summed E-state index contributed by atoms with van der Waals surface area (Å²) in [5.74, 6) is 1.86. The maximum absolute atomic E-state index is 12.7. The van der Waals surface area contributed by atoms with Gasteiger partial charge in [-0.15, -0.1) is 0 Å². The number of furan rings is 1. The lowest BCUT2D eigenvalue weighted by atomic mass is 10.0. The van der Waals surface area contributed by atoms with E-state index >= 15 is 0 Å². The van der Waals surface area contributed by atoms with Crippen LogP contribution in [0.25, 0.3) is 0 Å². The summed E-state index contributed by atoms with van der Waals surface area (Å²) in [4.78, 5) is 12.6. The lowest BCUT2D eigenvalue weighted by Gasteiger charge is -2.10. The Morgan fingerprint density at radius 2 is 1.91 bits per heavy atom. The molecule has 1 aliphatic heterocycles. The molecule has 0 aliphatic carbocycles. The number of aryl methyl sites for hydroxylation is 2. The van der Waals surface area contributed by atoms with Gasteiger partial charge in [0.2, 0.25) is 5.95 Å². The summed E-state index contributed by atoms with van der Waals surface area (Å²) in [6, 6.07) is 11.4. The number of nitrogens with zero attached hydrogens (tertiary/aromatic N) is 3. The molecule has 35 heavy (non-hydrogen) atoms. The summed E-state index contributed by atoms with van der Waals surface area (Å²) < 4.78 is 48.5. The first kappa shape index (κ1) is 25.0. The second kappa shape index (κ2) is 11.1. The number of hydrogen-bond acceptors (Lipinski definition) is 7. The minimum atomic E-state index is -4.50. The van der Waals surface area contributed by atoms with Crippen LogP contribution in [0.15, 0.2) is 40.8 Å². The first-order valence-corrected chi connectivity index (χ1v) is 11.9. The van der Waals surface area contributed by atoms with Gasteiger partial charge >= 0.3 is 12.2 Å². The Bertz CT molecular complexity index is 1120. The van der Waals surface area contributed by atoms with Crippen molar-refractivity contribution in [2.75, 3.05) is 11.9 Å². The molecular formula is C25H30F3N5O2. The van der Waals surface area contributed by atoms with Gasteiger partial charge in [-0.1, -0.05) is 50.5 Å². The van der Waals surface area contributed by atoms with Crippen molar-refractivity contribution in [2.24, 2.45) is 0 Å². The van der Waals surface area contributed by atoms with E-state index in [1.165, 1.54) is 24.8 Å². The number of alkyl halides is 3. The first-order valence-electron chi connectivity index (χ1n) is 11.9. The van der Waals surface area contributed by atoms with E-state index < -0.39 is 12.8 Å². The smallest absolute Gasteiger partial charge is 0.422 e. The molecule has 2 aromatic heterocycles. The van der Waals surface area contributed by atoms with E-state index in [1.807, 2.05) is 25.1 Å². The van der Waals surface area contributed by atoms with Crippen molar-refractivity contribution in [1.29, 1.82) is 0 Å². The normalized spacial score (nSPS) is 17.4. The zero-order valence-electron chi connectivity index (χ0n) is 19.9. The van der Waals surface area contributed by atoms with Gasteiger partial charge in [0.1, 0.15) is 11.5 Å². The molecule has 3 heterocycles. The number of ether oxygens (including phenoxy) is 1. The fourth-order valence-corrected chi connectivity index (χ4v) is 3.90. The van der Waals surface area contributed by atoms with Crippen molar-refractivity contribution in [2.45, 2.75) is 70.8 Å². The van der Waals surface area contributed by atoms with Crippen LogP contribution < -0.4 is 15.4 Å². The van der Waals surface area contributed by atoms with Crippen LogP contribution in [0, 0.1) is 6.92 Å². The second-order valence-corrected chi connectivity index (χ2v) is 8.75. The molecule has 1 aliphatic rings. The van der Waals surface area contributed by atoms with Gasteiger partial charge in [-0.2, -0.15) is 28.1 Å². The topological polar surface area (TPSA) is 95.0 Å². The van der Waals surface area contributed by atoms with Crippen molar-refractivity contribution in [1.82, 2.24) is 20.3 Å². The van der Waals surface area contributed by atoms with Crippen LogP contribution in [0.4, 0.5) is 19.1 Å². The maximum Gasteiger partial charge on any atom is 0.422 e. The predicted molar refractivity (Wildman–Crippen MR) is 125 cm³/mol. The number of unbranched alkanes of at least 4 members (excludes halogenated alkanes) is 3. The molecule has 1 saturated heterocycles. The zero-order chi connectivity index (χ0) is 24.8. The molecule has 0 spiro atoms. The van der Waals surface area contributed by atoms with Gasteiger partial charge in [0.15, 0.2) is 12.4 Å². The summed E-state index contributed by atoms with van der Waals surface area (Å²) >= 11 is 0. The molecule has 4 rings (SSSR count). The van der Waals surface area contributed by atoms with Gasteiger partial charge in [-0.25, -0.2) is 0 Å². The predicted octanol–water partition coefficient (Wildman–Crippen LogP) is 5.83. The Hall–Kier alpha value is -3.14. The van der Waals surface area contributed by atoms with Crippen LogP contribution in [-0.2, 0) is 13.0 Å². The minimum absolute atomic E-state index is 0.0240. The summed E-state index contributed by atoms with van der Waals surface area (Å²) in [6.45, 7) is 2.82. The third-order valence-corrected chi connectivity index (χ3v) is 5.70. The fourth-order valence-electron chi connectivity index (χ4n) is 3.90. The molecule has 1 aromatic carbocycles. The molecular weight excluding hydrogens is 459 g/mol. The second-order valence-electron chi connectivity index (χ2n) is 8.75. The quantitative estimate of drug-likeness (QED) is 0.244. The molecule has 2 unspecified atom stereocenters. The fraction of sp³-hybridized carbons (Fsp3) is 0.480. The van der Waals surface area contributed by atoms with Crippen molar-refractivity contribution in [3.05, 3.63) is 64.9 Å². The molecule has 0 saturated carbocycles. The third-order valence-electron chi connectivity index (χ3n) is 5.70. The van der Waals surface area contributed by atoms with Gasteiger partial charge in [0.25, 0.3) is 0 Å². The molecule has 3 aromatic rings. The van der Waals surface area contributed by atoms with Crippen molar-refractivity contribution < 1.29 is 22.3 Å². The average molecular weight is 490 g/mol. The van der Waals surface area contributed by atoms with Crippen molar-refractivity contribution in [3.63, 3.8) is 0 Å². The Morgan fingerprint density at radius 3 is 2.66 bits per heavy atom. The lowest BCUT2D eigenvalue weighted by molar-refractivity contribution is -0.154. The van der Waals surface area contributed by atoms with Crippen molar-refractivity contribution >= 4 is 5.95 Å². The standard InChI is InChI=1S/C25H30F3N5O2/c1-3-4-5-6-8-17-9-7-10-18(13-17)20-21(30-20)22-31-23(29-14-19-12-11-16(2)35-19)33-24(32-22)34-15-25(26,27)28/h7,9-13,20-21,30H,3-6,8,14-15H2,1-2H3,(H,29,31,32,33). The molecule has 7 nitrogen and oxygen atoms in total. The highest BCUT2D eigenvalue weighted by atomic mass is 19.4. The number of hydrogen-bond donors (Lipinski definition) is 2. The summed E-state index contributed by atoms with van der Waals surface area (Å²) in [6.07, 6.45) is 1.32. The first-order chi connectivity index (χ1) is 16.8. The summed E-state index contributed by atoms with van der Waals surface area (Å²) in [5.41, 5.74) is 2.37. The maximum atomic E-state index is 12.7. The number of halogens is 3. The Morgan fingerprint density at radius 1 is 1.06 bits per heavy atom. The molecule has 2 N–H and O–H groups in total. The SMILES string of the molecule is CCCCCCc1cccc(C2NC2c2nc(NCc3ccc(C)o3)nc(OCC(F)(F)F)n2)c1. The number of nitrogens with one attached hydrogen (secondary N) is 2. The molecule has 1 fully saturated rings. The van der Waals surface area contributed by atoms with Crippen LogP contribution in [-0.4, -0.2) is 27.7 Å². The van der Waals surface area contributed by atoms with Crippen LogP contribution in [0.1, 0.15) is 73.2 Å². The van der Waals surface area contributed by atoms with Gasteiger partial charge < -0.3 is 14.5 Å². The van der Waals surface area contributed by atoms with Gasteiger partial charge in [-0.05, 0) is 43.0 Å². The molecule has 10 heteroatoms. The Labute approximate surface area is 202 Å². The van der Waals surface area contributed by atoms with Crippen LogP contribution in [0.2, 0.25) is 0 Å². The largest absolute Gasteiger partial charge is 0.465 e. The molecule has 2 atom stereocenters. The third kappa shape index (κ3) is 7.42. The zero-order valence-corrected chi connectivity index (χ0v) is 19.9. The molecule has 188 valence electrons. The monoisotopic (exact) mass is 489 g/mol. The molecule has 0 bridgehead atoms. The van der Waals surface area contributed by atoms with Gasteiger partial charge in [0.05, 0.1) is 18.6 Å². The van der Waals surface area contributed by atoms with E-state index in [-0.39, 0.29) is 30.6 Å². The Balaban J connectivity index is 1.47. The summed E-state index contributed by atoms with van der Waals surface area (Å²) in [7, 11) is 0. The highest BCUT2D eigenvalue weighted by Crippen LogP contribution is 2.41. The van der Waals surface area contributed by atoms with E-state index in [4.69, 9.17) is 9.15 Å². The van der Waals surface area contributed by atoms with E-state index in [0.29, 0.717) is 11.6 Å². The number of rotatable bonds is 12. The van der Waals surface area contributed by atoms with E-state index in [2.05, 4.69) is 44.6 Å². The number of aromatic nitrogens is 3. The van der Waals surface area contributed by atoms with Crippen LogP contribution >= 0.6 is 0 Å². The minimum Gasteiger partial charge on any atom is -0.465 e. The molecule has 0 radical (unpaired) electrons. The van der Waals surface area contributed by atoms with E-state index in [0.717, 1.165) is 24.2 Å². The highest BCUT2D eigenvalue weighted by Gasteiger charge is 2.42. The Kier molecular flexibility index (Phi) is 7.90. The number of anilines is 1. The van der Waals surface area contributed by atoms with E-state index in [1.54, 1.807) is 6.07 Å².